The topological polar surface area (TPSA) is 114 Å². The highest BCUT2D eigenvalue weighted by Crippen LogP contribution is 2.50. The summed E-state index contributed by atoms with van der Waals surface area (Å²) in [6, 6.07) is 2.97. The van der Waals surface area contributed by atoms with E-state index < -0.39 is 54.1 Å². The molecule has 2 N–H and O–H groups in total. The van der Waals surface area contributed by atoms with Crippen molar-refractivity contribution in [2.45, 2.75) is 17.9 Å². The Morgan fingerprint density at radius 3 is 2.61 bits per heavy atom. The van der Waals surface area contributed by atoms with Gasteiger partial charge in [-0.3, -0.25) is 19.8 Å². The third kappa shape index (κ3) is 2.32. The van der Waals surface area contributed by atoms with Crippen molar-refractivity contribution in [1.29, 1.82) is 0 Å². The van der Waals surface area contributed by atoms with Crippen molar-refractivity contribution in [3.8, 4) is 11.5 Å². The molecule has 150 valence electrons. The maximum absolute atomic E-state index is 13.3. The molecule has 2 fully saturated rings. The number of esters is 1. The van der Waals surface area contributed by atoms with E-state index in [-0.39, 0.29) is 11.5 Å². The van der Waals surface area contributed by atoms with Crippen LogP contribution in [0.25, 0.3) is 0 Å². The zero-order valence-corrected chi connectivity index (χ0v) is 14.8. The number of ether oxygens (including phenoxy) is 3. The van der Waals surface area contributed by atoms with Gasteiger partial charge in [-0.25, -0.2) is 4.79 Å². The number of nitrogens with zero attached hydrogens (tertiary/aromatic N) is 1. The first-order chi connectivity index (χ1) is 13.1. The quantitative estimate of drug-likeness (QED) is 0.531. The van der Waals surface area contributed by atoms with Gasteiger partial charge in [0, 0.05) is 13.1 Å². The predicted molar refractivity (Wildman–Crippen MR) is 85.1 cm³/mol. The molecule has 0 unspecified atom stereocenters. The Labute approximate surface area is 157 Å². The molecule has 3 heterocycles. The molecule has 2 saturated heterocycles. The Morgan fingerprint density at radius 2 is 1.96 bits per heavy atom. The summed E-state index contributed by atoms with van der Waals surface area (Å²) in [5.74, 6) is -4.78. The van der Waals surface area contributed by atoms with Crippen LogP contribution in [0.2, 0.25) is 0 Å². The Balaban J connectivity index is 1.80. The minimum atomic E-state index is -3.81. The lowest BCUT2D eigenvalue weighted by Gasteiger charge is -2.29. The van der Waals surface area contributed by atoms with Crippen LogP contribution in [-0.2, 0) is 19.1 Å². The van der Waals surface area contributed by atoms with E-state index in [1.807, 2.05) is 0 Å². The maximum Gasteiger partial charge on any atom is 0.586 e. The van der Waals surface area contributed by atoms with Gasteiger partial charge in [0.1, 0.15) is 0 Å². The Morgan fingerprint density at radius 1 is 1.29 bits per heavy atom. The van der Waals surface area contributed by atoms with Crippen molar-refractivity contribution in [2.24, 2.45) is 11.8 Å². The van der Waals surface area contributed by atoms with E-state index in [1.54, 1.807) is 0 Å². The van der Waals surface area contributed by atoms with Crippen molar-refractivity contribution in [2.75, 3.05) is 20.8 Å². The first-order valence-corrected chi connectivity index (χ1v) is 8.33. The van der Waals surface area contributed by atoms with Crippen LogP contribution >= 0.6 is 0 Å². The summed E-state index contributed by atoms with van der Waals surface area (Å²) in [6.45, 7) is -0.799. The number of carbonyl (C=O) groups is 3. The fraction of sp³-hybridized carbons (Fsp3) is 0.471. The number of aliphatic hydroxyl groups is 1. The first kappa shape index (κ1) is 18.6. The fourth-order valence-electron chi connectivity index (χ4n) is 4.17. The van der Waals surface area contributed by atoms with Crippen LogP contribution in [0.3, 0.4) is 0 Å². The molecule has 28 heavy (non-hydrogen) atoms. The van der Waals surface area contributed by atoms with Gasteiger partial charge in [0.25, 0.3) is 0 Å². The number of hydrogen-bond acceptors (Lipinski definition) is 8. The van der Waals surface area contributed by atoms with Crippen molar-refractivity contribution < 1.29 is 42.5 Å². The molecule has 0 saturated carbocycles. The highest BCUT2D eigenvalue weighted by molar-refractivity contribution is 6.09. The van der Waals surface area contributed by atoms with Crippen molar-refractivity contribution in [3.05, 3.63) is 23.8 Å². The number of imide groups is 1. The molecule has 1 aromatic rings. The first-order valence-electron chi connectivity index (χ1n) is 8.33. The number of rotatable bonds is 3. The van der Waals surface area contributed by atoms with Crippen LogP contribution in [-0.4, -0.2) is 60.4 Å². The third-order valence-electron chi connectivity index (χ3n) is 5.46. The van der Waals surface area contributed by atoms with Gasteiger partial charge in [-0.15, -0.1) is 8.78 Å². The van der Waals surface area contributed by atoms with Gasteiger partial charge in [-0.2, -0.15) is 0 Å². The molecule has 11 heteroatoms. The molecule has 3 aliphatic heterocycles. The fourth-order valence-corrected chi connectivity index (χ4v) is 4.17. The largest absolute Gasteiger partial charge is 0.586 e. The summed E-state index contributed by atoms with van der Waals surface area (Å²) >= 11 is 0. The molecule has 0 bridgehead atoms. The van der Waals surface area contributed by atoms with Gasteiger partial charge in [-0.1, -0.05) is 6.07 Å². The minimum Gasteiger partial charge on any atom is -0.468 e. The highest BCUT2D eigenvalue weighted by Gasteiger charge is 2.68. The molecule has 0 aliphatic carbocycles. The molecular weight excluding hydrogens is 382 g/mol. The standard InChI is InChI=1S/C17H16F2N2O7/c1-21-13(23)10-11(14(21)24)16(6-22,15(25)26-2)20-12(10)7-3-4-8-9(5-7)28-17(18,19)27-8/h3-5,10-12,20,22H,6H2,1-2H3/t10-,11-,12-,16-/m0/s1. The number of carbonyl (C=O) groups excluding carboxylic acids is 3. The number of hydrogen-bond donors (Lipinski definition) is 2. The van der Waals surface area contributed by atoms with Crippen molar-refractivity contribution >= 4 is 17.8 Å². The maximum atomic E-state index is 13.3. The van der Waals surface area contributed by atoms with Gasteiger partial charge in [0.15, 0.2) is 17.0 Å². The van der Waals surface area contributed by atoms with E-state index >= 15 is 0 Å². The van der Waals surface area contributed by atoms with E-state index in [0.29, 0.717) is 5.56 Å². The van der Waals surface area contributed by atoms with Crippen LogP contribution < -0.4 is 14.8 Å². The van der Waals surface area contributed by atoms with E-state index in [9.17, 15) is 28.3 Å². The molecule has 0 spiro atoms. The van der Waals surface area contributed by atoms with Crippen molar-refractivity contribution in [1.82, 2.24) is 10.2 Å². The Bertz CT molecular complexity index is 892. The summed E-state index contributed by atoms with van der Waals surface area (Å²) in [4.78, 5) is 38.7. The number of methoxy groups -OCH3 is 1. The molecule has 4 rings (SSSR count). The van der Waals surface area contributed by atoms with Gasteiger partial charge in [-0.05, 0) is 17.7 Å². The number of likely N-dealkylation sites (tertiary alicyclic amines) is 1. The number of nitrogens with one attached hydrogen (secondary N) is 1. The average molecular weight is 398 g/mol. The lowest BCUT2D eigenvalue weighted by molar-refractivity contribution is -0.286. The molecule has 2 amide bonds. The molecule has 0 aromatic heterocycles. The van der Waals surface area contributed by atoms with E-state index in [1.165, 1.54) is 25.2 Å². The second kappa shape index (κ2) is 5.85. The average Bonchev–Trinajstić information content (AvgIpc) is 3.25. The number of aliphatic hydroxyl groups excluding tert-OH is 1. The summed E-state index contributed by atoms with van der Waals surface area (Å²) in [5, 5.41) is 12.8. The van der Waals surface area contributed by atoms with Crippen LogP contribution in [0.1, 0.15) is 11.6 Å². The van der Waals surface area contributed by atoms with Crippen LogP contribution in [0.15, 0.2) is 18.2 Å². The second-order valence-corrected chi connectivity index (χ2v) is 6.86. The van der Waals surface area contributed by atoms with Crippen LogP contribution in [0.5, 0.6) is 11.5 Å². The third-order valence-corrected chi connectivity index (χ3v) is 5.46. The lowest BCUT2D eigenvalue weighted by atomic mass is 9.79. The normalized spacial score (nSPS) is 32.6. The number of amides is 2. The number of halogens is 2. The molecule has 3 aliphatic rings. The molecule has 4 atom stereocenters. The number of alkyl halides is 2. The van der Waals surface area contributed by atoms with E-state index in [4.69, 9.17) is 4.74 Å². The smallest absolute Gasteiger partial charge is 0.468 e. The summed E-state index contributed by atoms with van der Waals surface area (Å²) in [6.07, 6.45) is -3.81. The predicted octanol–water partition coefficient (Wildman–Crippen LogP) is -0.213. The van der Waals surface area contributed by atoms with Gasteiger partial charge >= 0.3 is 12.3 Å². The monoisotopic (exact) mass is 398 g/mol. The lowest BCUT2D eigenvalue weighted by Crippen LogP contribution is -2.58. The van der Waals surface area contributed by atoms with Gasteiger partial charge < -0.3 is 19.3 Å². The Hall–Kier alpha value is -2.79. The van der Waals surface area contributed by atoms with Gasteiger partial charge in [0.05, 0.1) is 25.6 Å². The van der Waals surface area contributed by atoms with Crippen LogP contribution in [0, 0.1) is 11.8 Å². The molecule has 1 aromatic carbocycles. The SMILES string of the molecule is COC(=O)[C@@]1(CO)N[C@@H](c2ccc3c(c2)OC(F)(F)O3)[C@H]2C(=O)N(C)C(=O)[C@H]21. The highest BCUT2D eigenvalue weighted by atomic mass is 19.3. The zero-order chi connectivity index (χ0) is 20.4. The minimum absolute atomic E-state index is 0.185. The summed E-state index contributed by atoms with van der Waals surface area (Å²) in [5.41, 5.74) is -1.53. The van der Waals surface area contributed by atoms with E-state index in [2.05, 4.69) is 14.8 Å². The Kier molecular flexibility index (Phi) is 3.88. The number of fused-ring (bicyclic) bond motifs is 2. The molecule has 0 radical (unpaired) electrons. The molecule has 9 nitrogen and oxygen atoms in total. The summed E-state index contributed by atoms with van der Waals surface area (Å²) in [7, 11) is 2.37. The second-order valence-electron chi connectivity index (χ2n) is 6.86. The van der Waals surface area contributed by atoms with Gasteiger partial charge in [0.2, 0.25) is 11.8 Å². The zero-order valence-electron chi connectivity index (χ0n) is 14.8. The van der Waals surface area contributed by atoms with E-state index in [0.717, 1.165) is 12.0 Å². The van der Waals surface area contributed by atoms with Crippen LogP contribution in [0.4, 0.5) is 8.78 Å². The molecular formula is C17H16F2N2O7. The number of benzene rings is 1. The summed E-state index contributed by atoms with van der Waals surface area (Å²) < 4.78 is 40.1. The van der Waals surface area contributed by atoms with Crippen molar-refractivity contribution in [3.63, 3.8) is 0 Å².